The molecule has 0 saturated carbocycles. The SMILES string of the molecule is COc1ccc(O)c(C=NCCN2C(=O)SC(=Cc3ccc([N+](=O)[O-])cc3)C2=O)c1. The van der Waals surface area contributed by atoms with Crippen LogP contribution in [0.2, 0.25) is 0 Å². The van der Waals surface area contributed by atoms with Crippen molar-refractivity contribution < 1.29 is 24.4 Å². The zero-order valence-electron chi connectivity index (χ0n) is 15.8. The number of hydrogen-bond donors (Lipinski definition) is 1. The van der Waals surface area contributed by atoms with E-state index < -0.39 is 16.1 Å². The van der Waals surface area contributed by atoms with Crippen molar-refractivity contribution in [3.63, 3.8) is 0 Å². The van der Waals surface area contributed by atoms with Gasteiger partial charge in [-0.3, -0.25) is 29.6 Å². The van der Waals surface area contributed by atoms with Gasteiger partial charge in [-0.05, 0) is 53.7 Å². The number of benzene rings is 2. The van der Waals surface area contributed by atoms with Crippen LogP contribution in [0.5, 0.6) is 11.5 Å². The van der Waals surface area contributed by atoms with E-state index in [9.17, 15) is 24.8 Å². The third-order valence-corrected chi connectivity index (χ3v) is 5.10. The number of nitrogens with zero attached hydrogens (tertiary/aromatic N) is 3. The molecule has 0 aromatic heterocycles. The Morgan fingerprint density at radius 3 is 2.63 bits per heavy atom. The highest BCUT2D eigenvalue weighted by molar-refractivity contribution is 8.18. The lowest BCUT2D eigenvalue weighted by atomic mass is 10.2. The normalized spacial score (nSPS) is 15.4. The molecule has 3 rings (SSSR count). The second-order valence-corrected chi connectivity index (χ2v) is 7.14. The molecule has 0 aliphatic carbocycles. The van der Waals surface area contributed by atoms with Gasteiger partial charge < -0.3 is 9.84 Å². The number of nitro groups is 1. The van der Waals surface area contributed by atoms with E-state index in [0.717, 1.165) is 16.7 Å². The maximum Gasteiger partial charge on any atom is 0.293 e. The second-order valence-electron chi connectivity index (χ2n) is 6.14. The highest BCUT2D eigenvalue weighted by atomic mass is 32.2. The second kappa shape index (κ2) is 9.23. The van der Waals surface area contributed by atoms with Crippen molar-refractivity contribution in [2.45, 2.75) is 0 Å². The van der Waals surface area contributed by atoms with E-state index >= 15 is 0 Å². The molecule has 1 saturated heterocycles. The van der Waals surface area contributed by atoms with E-state index in [0.29, 0.717) is 16.9 Å². The van der Waals surface area contributed by atoms with E-state index in [-0.39, 0.29) is 29.4 Å². The number of phenolic OH excluding ortho intramolecular Hbond substituents is 1. The first-order valence-corrected chi connectivity index (χ1v) is 9.57. The number of rotatable bonds is 7. The van der Waals surface area contributed by atoms with Crippen molar-refractivity contribution in [1.82, 2.24) is 4.90 Å². The molecule has 0 unspecified atom stereocenters. The summed E-state index contributed by atoms with van der Waals surface area (Å²) < 4.78 is 5.09. The van der Waals surface area contributed by atoms with E-state index in [1.165, 1.54) is 49.7 Å². The first-order valence-electron chi connectivity index (χ1n) is 8.75. The third kappa shape index (κ3) is 4.84. The van der Waals surface area contributed by atoms with Crippen LogP contribution in [-0.2, 0) is 4.79 Å². The lowest BCUT2D eigenvalue weighted by molar-refractivity contribution is -0.384. The molecule has 0 radical (unpaired) electrons. The molecule has 1 aliphatic heterocycles. The van der Waals surface area contributed by atoms with Gasteiger partial charge in [-0.25, -0.2) is 0 Å². The molecule has 1 fully saturated rings. The number of amides is 2. The van der Waals surface area contributed by atoms with Crippen LogP contribution in [0.3, 0.4) is 0 Å². The van der Waals surface area contributed by atoms with Crippen molar-refractivity contribution in [2.75, 3.05) is 20.2 Å². The zero-order valence-corrected chi connectivity index (χ0v) is 16.7. The van der Waals surface area contributed by atoms with Crippen LogP contribution in [0.25, 0.3) is 6.08 Å². The number of hydrogen-bond acceptors (Lipinski definition) is 8. The molecular formula is C20H17N3O6S. The van der Waals surface area contributed by atoms with Crippen LogP contribution in [0, 0.1) is 10.1 Å². The summed E-state index contributed by atoms with van der Waals surface area (Å²) in [4.78, 5) is 40.3. The van der Waals surface area contributed by atoms with Crippen molar-refractivity contribution >= 4 is 40.9 Å². The van der Waals surface area contributed by atoms with Gasteiger partial charge in [0.25, 0.3) is 16.8 Å². The number of imide groups is 1. The first-order chi connectivity index (χ1) is 14.4. The molecule has 9 nitrogen and oxygen atoms in total. The minimum atomic E-state index is -0.510. The molecule has 0 spiro atoms. The largest absolute Gasteiger partial charge is 0.507 e. The van der Waals surface area contributed by atoms with Gasteiger partial charge >= 0.3 is 0 Å². The van der Waals surface area contributed by atoms with E-state index in [1.54, 1.807) is 12.1 Å². The highest BCUT2D eigenvalue weighted by Gasteiger charge is 2.34. The minimum Gasteiger partial charge on any atom is -0.507 e. The minimum absolute atomic E-state index is 0.0387. The van der Waals surface area contributed by atoms with Crippen LogP contribution in [-0.4, -0.2) is 52.5 Å². The Morgan fingerprint density at radius 1 is 1.23 bits per heavy atom. The number of aliphatic imine (C=N–C) groups is 1. The van der Waals surface area contributed by atoms with Crippen molar-refractivity contribution in [1.29, 1.82) is 0 Å². The standard InChI is InChI=1S/C20H17N3O6S/c1-29-16-6-7-17(24)14(11-16)12-21-8-9-22-19(25)18(30-20(22)26)10-13-2-4-15(5-3-13)23(27)28/h2-7,10-12,24H,8-9H2,1H3. The van der Waals surface area contributed by atoms with Crippen LogP contribution >= 0.6 is 11.8 Å². The number of non-ortho nitro benzene ring substituents is 1. The van der Waals surface area contributed by atoms with Gasteiger partial charge in [0, 0.05) is 30.5 Å². The number of thioether (sulfide) groups is 1. The molecule has 1 N–H and O–H groups in total. The molecule has 2 aromatic carbocycles. The molecule has 0 bridgehead atoms. The average Bonchev–Trinajstić information content (AvgIpc) is 2.99. The summed E-state index contributed by atoms with van der Waals surface area (Å²) in [5, 5.41) is 20.1. The summed E-state index contributed by atoms with van der Waals surface area (Å²) in [5.74, 6) is 0.163. The number of phenols is 1. The summed E-state index contributed by atoms with van der Waals surface area (Å²) in [6, 6.07) is 10.4. The summed E-state index contributed by atoms with van der Waals surface area (Å²) in [6.45, 7) is 0.253. The van der Waals surface area contributed by atoms with Crippen LogP contribution in [0.15, 0.2) is 52.4 Å². The van der Waals surface area contributed by atoms with Gasteiger partial charge in [0.1, 0.15) is 11.5 Å². The number of carbonyl (C=O) groups excluding carboxylic acids is 2. The van der Waals surface area contributed by atoms with Crippen molar-refractivity contribution in [3.8, 4) is 11.5 Å². The van der Waals surface area contributed by atoms with Gasteiger partial charge in [0.05, 0.1) is 23.5 Å². The Hall–Kier alpha value is -3.66. The smallest absolute Gasteiger partial charge is 0.293 e. The maximum atomic E-state index is 12.5. The third-order valence-electron chi connectivity index (χ3n) is 4.19. The van der Waals surface area contributed by atoms with E-state index in [4.69, 9.17) is 4.74 Å². The Kier molecular flexibility index (Phi) is 6.48. The van der Waals surface area contributed by atoms with E-state index in [1.807, 2.05) is 0 Å². The van der Waals surface area contributed by atoms with Crippen molar-refractivity contribution in [3.05, 3.63) is 68.6 Å². The summed E-state index contributed by atoms with van der Waals surface area (Å²) >= 11 is 0.805. The van der Waals surface area contributed by atoms with Gasteiger partial charge in [-0.2, -0.15) is 0 Å². The Bertz CT molecular complexity index is 1050. The Balaban J connectivity index is 1.63. The van der Waals surface area contributed by atoms with E-state index in [2.05, 4.69) is 4.99 Å². The lowest BCUT2D eigenvalue weighted by Gasteiger charge is -2.10. The predicted molar refractivity (Wildman–Crippen MR) is 113 cm³/mol. The Labute approximate surface area is 175 Å². The van der Waals surface area contributed by atoms with Crippen LogP contribution < -0.4 is 4.74 Å². The topological polar surface area (TPSA) is 122 Å². The molecule has 1 heterocycles. The summed E-state index contributed by atoms with van der Waals surface area (Å²) in [6.07, 6.45) is 2.97. The fourth-order valence-electron chi connectivity index (χ4n) is 2.62. The quantitative estimate of drug-likeness (QED) is 0.311. The molecule has 0 atom stereocenters. The zero-order chi connectivity index (χ0) is 21.7. The number of nitro benzene ring substituents is 1. The highest BCUT2D eigenvalue weighted by Crippen LogP contribution is 2.32. The molecule has 30 heavy (non-hydrogen) atoms. The number of carbonyl (C=O) groups is 2. The number of aromatic hydroxyl groups is 1. The lowest BCUT2D eigenvalue weighted by Crippen LogP contribution is -2.30. The fourth-order valence-corrected chi connectivity index (χ4v) is 3.49. The van der Waals surface area contributed by atoms with Gasteiger partial charge in [0.15, 0.2) is 0 Å². The number of methoxy groups -OCH3 is 1. The number of ether oxygens (including phenoxy) is 1. The molecule has 1 aliphatic rings. The van der Waals surface area contributed by atoms with Crippen molar-refractivity contribution in [2.24, 2.45) is 4.99 Å². The monoisotopic (exact) mass is 427 g/mol. The fraction of sp³-hybridized carbons (Fsp3) is 0.150. The van der Waals surface area contributed by atoms with Gasteiger partial charge in [0.2, 0.25) is 0 Å². The summed E-state index contributed by atoms with van der Waals surface area (Å²) in [7, 11) is 1.51. The summed E-state index contributed by atoms with van der Waals surface area (Å²) in [5.41, 5.74) is 0.986. The first kappa shape index (κ1) is 21.1. The molecule has 2 amide bonds. The molecule has 154 valence electrons. The van der Waals surface area contributed by atoms with Crippen LogP contribution in [0.4, 0.5) is 10.5 Å². The molecule has 2 aromatic rings. The average molecular weight is 427 g/mol. The van der Waals surface area contributed by atoms with Gasteiger partial charge in [-0.1, -0.05) is 0 Å². The molecular weight excluding hydrogens is 410 g/mol. The Morgan fingerprint density at radius 2 is 1.97 bits per heavy atom. The maximum absolute atomic E-state index is 12.5. The molecule has 10 heteroatoms. The van der Waals surface area contributed by atoms with Crippen LogP contribution in [0.1, 0.15) is 11.1 Å². The predicted octanol–water partition coefficient (Wildman–Crippen LogP) is 3.46. The van der Waals surface area contributed by atoms with Gasteiger partial charge in [-0.15, -0.1) is 0 Å².